The first-order chi connectivity index (χ1) is 12.0. The number of hydrogen-bond acceptors (Lipinski definition) is 5. The van der Waals surface area contributed by atoms with Crippen LogP contribution in [-0.2, 0) is 11.3 Å². The fourth-order valence-electron chi connectivity index (χ4n) is 3.14. The molecule has 2 aromatic carbocycles. The molecule has 1 aliphatic rings. The molecule has 1 heterocycles. The van der Waals surface area contributed by atoms with E-state index in [9.17, 15) is 20.3 Å². The highest BCUT2D eigenvalue weighted by molar-refractivity contribution is 5.81. The summed E-state index contributed by atoms with van der Waals surface area (Å²) in [7, 11) is 1.49. The lowest BCUT2D eigenvalue weighted by Crippen LogP contribution is -2.99. The van der Waals surface area contributed by atoms with Crippen LogP contribution in [0.3, 0.4) is 0 Å². The quantitative estimate of drug-likeness (QED) is 0.716. The van der Waals surface area contributed by atoms with Gasteiger partial charge in [-0.3, -0.25) is 4.79 Å². The second-order valence-corrected chi connectivity index (χ2v) is 5.96. The van der Waals surface area contributed by atoms with Crippen LogP contribution in [0.5, 0.6) is 11.5 Å². The van der Waals surface area contributed by atoms with Gasteiger partial charge in [-0.1, -0.05) is 12.1 Å². The van der Waals surface area contributed by atoms with Crippen molar-refractivity contribution < 1.29 is 25.1 Å². The van der Waals surface area contributed by atoms with Crippen LogP contribution in [-0.4, -0.2) is 34.8 Å². The second kappa shape index (κ2) is 7.10. The van der Waals surface area contributed by atoms with Gasteiger partial charge in [0.2, 0.25) is 5.91 Å². The Morgan fingerprint density at radius 3 is 2.76 bits per heavy atom. The Morgan fingerprint density at radius 1 is 1.32 bits per heavy atom. The van der Waals surface area contributed by atoms with Gasteiger partial charge in [-0.2, -0.15) is 5.23 Å². The monoisotopic (exact) mass is 344 g/mol. The summed E-state index contributed by atoms with van der Waals surface area (Å²) in [6, 6.07) is 9.58. The summed E-state index contributed by atoms with van der Waals surface area (Å²) in [6.07, 6.45) is 1.39. The van der Waals surface area contributed by atoms with Crippen LogP contribution in [0.4, 0.5) is 5.69 Å². The number of carbonyl (C=O) groups is 1. The maximum Gasteiger partial charge on any atom is 0.222 e. The summed E-state index contributed by atoms with van der Waals surface area (Å²) < 4.78 is 5.51. The largest absolute Gasteiger partial charge is 0.595 e. The van der Waals surface area contributed by atoms with Crippen LogP contribution >= 0.6 is 0 Å². The van der Waals surface area contributed by atoms with Crippen LogP contribution in [0.2, 0.25) is 0 Å². The lowest BCUT2D eigenvalue weighted by atomic mass is 9.99. The van der Waals surface area contributed by atoms with Crippen molar-refractivity contribution in [3.05, 3.63) is 47.2 Å². The topological polar surface area (TPSA) is 97.5 Å². The zero-order chi connectivity index (χ0) is 18.0. The number of nitrogens with zero attached hydrogens (tertiary/aromatic N) is 1. The molecule has 0 saturated carbocycles. The van der Waals surface area contributed by atoms with E-state index in [4.69, 9.17) is 4.74 Å². The first-order valence-corrected chi connectivity index (χ1v) is 8.01. The van der Waals surface area contributed by atoms with E-state index in [1.165, 1.54) is 19.2 Å². The number of methoxy groups -OCH3 is 1. The number of ether oxygens (including phenoxy) is 1. The number of aromatic hydroxyl groups is 1. The highest BCUT2D eigenvalue weighted by Crippen LogP contribution is 2.41. The molecule has 3 rings (SSSR count). The highest BCUT2D eigenvalue weighted by Gasteiger charge is 2.23. The number of benzene rings is 2. The van der Waals surface area contributed by atoms with E-state index < -0.39 is 5.23 Å². The van der Waals surface area contributed by atoms with Crippen molar-refractivity contribution >= 4 is 11.6 Å². The third-order valence-corrected chi connectivity index (χ3v) is 4.35. The average molecular weight is 344 g/mol. The molecule has 0 aliphatic carbocycles. The molecule has 1 aliphatic heterocycles. The van der Waals surface area contributed by atoms with Gasteiger partial charge in [0.15, 0.2) is 5.69 Å². The van der Waals surface area contributed by atoms with Gasteiger partial charge in [0, 0.05) is 37.2 Å². The summed E-state index contributed by atoms with van der Waals surface area (Å²) in [4.78, 5) is 13.6. The van der Waals surface area contributed by atoms with Crippen LogP contribution in [0.15, 0.2) is 36.4 Å². The Hall–Kier alpha value is -2.61. The number of phenolic OH excluding ortho intramolecular Hbond substituents is 1. The summed E-state index contributed by atoms with van der Waals surface area (Å²) in [5.74, 6) is 0.544. The highest BCUT2D eigenvalue weighted by atomic mass is 16.8. The van der Waals surface area contributed by atoms with Crippen LogP contribution < -0.4 is 9.96 Å². The Labute approximate surface area is 145 Å². The summed E-state index contributed by atoms with van der Waals surface area (Å²) in [5, 5.41) is 29.7. The Morgan fingerprint density at radius 2 is 2.12 bits per heavy atom. The number of phenols is 1. The molecule has 132 valence electrons. The smallest absolute Gasteiger partial charge is 0.222 e. The van der Waals surface area contributed by atoms with Gasteiger partial charge >= 0.3 is 0 Å². The number of hydrogen-bond donors (Lipinski definition) is 3. The van der Waals surface area contributed by atoms with E-state index in [0.29, 0.717) is 36.4 Å². The number of rotatable bonds is 5. The van der Waals surface area contributed by atoms with Gasteiger partial charge in [-0.25, -0.2) is 5.21 Å². The van der Waals surface area contributed by atoms with Crippen molar-refractivity contribution in [3.63, 3.8) is 0 Å². The first kappa shape index (κ1) is 17.2. The maximum absolute atomic E-state index is 11.9. The predicted octanol–water partition coefficient (Wildman–Crippen LogP) is 1.59. The van der Waals surface area contributed by atoms with Crippen molar-refractivity contribution in [1.29, 1.82) is 0 Å². The fourth-order valence-corrected chi connectivity index (χ4v) is 3.14. The van der Waals surface area contributed by atoms with Crippen molar-refractivity contribution in [1.82, 2.24) is 4.90 Å². The van der Waals surface area contributed by atoms with E-state index in [0.717, 1.165) is 12.0 Å². The molecular formula is C18H20N2O5. The van der Waals surface area contributed by atoms with Crippen molar-refractivity contribution in [3.8, 4) is 22.6 Å². The normalized spacial score (nSPS) is 15.5. The van der Waals surface area contributed by atoms with Crippen molar-refractivity contribution in [2.24, 2.45) is 0 Å². The molecule has 7 heteroatoms. The maximum atomic E-state index is 11.9. The number of quaternary nitrogens is 1. The van der Waals surface area contributed by atoms with Crippen LogP contribution in [0.1, 0.15) is 18.4 Å². The molecule has 1 unspecified atom stereocenters. The number of amides is 1. The van der Waals surface area contributed by atoms with Crippen molar-refractivity contribution in [2.45, 2.75) is 19.4 Å². The van der Waals surface area contributed by atoms with E-state index in [2.05, 4.69) is 0 Å². The van der Waals surface area contributed by atoms with Gasteiger partial charge in [-0.05, 0) is 24.1 Å². The number of nitrogens with one attached hydrogen (secondary N) is 1. The molecule has 1 saturated heterocycles. The fraction of sp³-hybridized carbons (Fsp3) is 0.278. The SMILES string of the molecule is COc1c(CN2CCCC2=O)ccc(O)c1-c1cccc([NH+]([O-])O)c1. The third kappa shape index (κ3) is 3.43. The summed E-state index contributed by atoms with van der Waals surface area (Å²) >= 11 is 0. The molecule has 0 spiro atoms. The molecule has 3 N–H and O–H groups in total. The lowest BCUT2D eigenvalue weighted by Gasteiger charge is -2.20. The van der Waals surface area contributed by atoms with E-state index >= 15 is 0 Å². The molecule has 0 bridgehead atoms. The van der Waals surface area contributed by atoms with E-state index in [-0.39, 0.29) is 17.3 Å². The minimum atomic E-state index is -1.04. The molecule has 25 heavy (non-hydrogen) atoms. The van der Waals surface area contributed by atoms with Crippen LogP contribution in [0, 0.1) is 5.21 Å². The molecular weight excluding hydrogens is 324 g/mol. The molecule has 1 fully saturated rings. The average Bonchev–Trinajstić information content (AvgIpc) is 3.01. The van der Waals surface area contributed by atoms with E-state index in [1.807, 2.05) is 0 Å². The first-order valence-electron chi connectivity index (χ1n) is 8.01. The molecule has 1 amide bonds. The summed E-state index contributed by atoms with van der Waals surface area (Å²) in [6.45, 7) is 1.10. The molecule has 0 aromatic heterocycles. The van der Waals surface area contributed by atoms with Gasteiger partial charge in [-0.15, -0.1) is 0 Å². The second-order valence-electron chi connectivity index (χ2n) is 5.96. The summed E-state index contributed by atoms with van der Waals surface area (Å²) in [5.41, 5.74) is 1.86. The van der Waals surface area contributed by atoms with Crippen molar-refractivity contribution in [2.75, 3.05) is 13.7 Å². The lowest BCUT2D eigenvalue weighted by molar-refractivity contribution is -0.991. The molecule has 0 radical (unpaired) electrons. The van der Waals surface area contributed by atoms with Gasteiger partial charge in [0.1, 0.15) is 11.5 Å². The third-order valence-electron chi connectivity index (χ3n) is 4.35. The van der Waals surface area contributed by atoms with E-state index in [1.54, 1.807) is 29.2 Å². The molecule has 7 nitrogen and oxygen atoms in total. The zero-order valence-electron chi connectivity index (χ0n) is 13.9. The Bertz CT molecular complexity index is 791. The molecule has 2 aromatic rings. The Kier molecular flexibility index (Phi) is 4.89. The van der Waals surface area contributed by atoms with Gasteiger partial charge in [0.05, 0.1) is 12.7 Å². The Balaban J connectivity index is 2.05. The standard InChI is InChI=1S/C18H20N2O5/c1-25-18-13(11-19-9-3-6-16(19)22)7-8-15(21)17(18)12-4-2-5-14(10-12)20(23)24/h2,4-5,7-8,10,20-21,23H,3,6,9,11H2,1H3. The minimum Gasteiger partial charge on any atom is -0.595 e. The van der Waals surface area contributed by atoms with Crippen LogP contribution in [0.25, 0.3) is 11.1 Å². The predicted molar refractivity (Wildman–Crippen MR) is 90.5 cm³/mol. The van der Waals surface area contributed by atoms with Gasteiger partial charge in [0.25, 0.3) is 0 Å². The minimum absolute atomic E-state index is 0.00381. The zero-order valence-corrected chi connectivity index (χ0v) is 13.9. The number of likely N-dealkylation sites (tertiary alicyclic amines) is 1. The van der Waals surface area contributed by atoms with Gasteiger partial charge < -0.3 is 20.0 Å². The number of carbonyl (C=O) groups excluding carboxylic acids is 1. The molecule has 1 atom stereocenters.